The third-order valence-corrected chi connectivity index (χ3v) is 3.02. The van der Waals surface area contributed by atoms with Gasteiger partial charge in [-0.05, 0) is 37.0 Å². The van der Waals surface area contributed by atoms with E-state index in [1.54, 1.807) is 19.2 Å². The van der Waals surface area contributed by atoms with Crippen LogP contribution in [-0.4, -0.2) is 32.3 Å². The summed E-state index contributed by atoms with van der Waals surface area (Å²) in [6.45, 7) is 1.04. The molecule has 0 radical (unpaired) electrons. The molecule has 0 bridgehead atoms. The van der Waals surface area contributed by atoms with Crippen molar-refractivity contribution in [3.05, 3.63) is 35.6 Å². The Hall–Kier alpha value is -1.06. The minimum atomic E-state index is -4.09. The van der Waals surface area contributed by atoms with Gasteiger partial charge >= 0.3 is 6.18 Å². The fourth-order valence-electron chi connectivity index (χ4n) is 1.85. The molecule has 3 nitrogen and oxygen atoms in total. The average Bonchev–Trinajstić information content (AvgIpc) is 2.46. The summed E-state index contributed by atoms with van der Waals surface area (Å²) in [5.41, 5.74) is 0.995. The number of benzene rings is 1. The van der Waals surface area contributed by atoms with Crippen molar-refractivity contribution >= 4 is 29.9 Å². The molecule has 1 aromatic carbocycles. The molecule has 0 aromatic heterocycles. The fraction of sp³-hybridized carbons (Fsp3) is 0.533. The Bertz CT molecular complexity index is 461. The third kappa shape index (κ3) is 11.2. The van der Waals surface area contributed by atoms with E-state index >= 15 is 0 Å². The van der Waals surface area contributed by atoms with Gasteiger partial charge in [0.15, 0.2) is 5.96 Å². The number of hydrogen-bond donors (Lipinski definition) is 2. The van der Waals surface area contributed by atoms with E-state index < -0.39 is 12.6 Å². The van der Waals surface area contributed by atoms with Crippen LogP contribution in [0.4, 0.5) is 17.6 Å². The number of nitrogens with zero attached hydrogens (tertiary/aromatic N) is 1. The van der Waals surface area contributed by atoms with Crippen LogP contribution >= 0.6 is 24.0 Å². The Morgan fingerprint density at radius 3 is 2.22 bits per heavy atom. The molecule has 0 heterocycles. The highest BCUT2D eigenvalue weighted by atomic mass is 127. The molecule has 23 heavy (non-hydrogen) atoms. The van der Waals surface area contributed by atoms with Crippen molar-refractivity contribution in [2.24, 2.45) is 4.99 Å². The van der Waals surface area contributed by atoms with Gasteiger partial charge in [-0.1, -0.05) is 12.1 Å². The van der Waals surface area contributed by atoms with E-state index in [0.29, 0.717) is 31.9 Å². The number of nitrogens with one attached hydrogen (secondary N) is 2. The van der Waals surface area contributed by atoms with Crippen LogP contribution < -0.4 is 10.6 Å². The minimum absolute atomic E-state index is 0. The SMILES string of the molecule is CN=C(NCCCCC(F)(F)F)NCCc1ccc(F)cc1.I. The van der Waals surface area contributed by atoms with Gasteiger partial charge in [0.1, 0.15) is 5.82 Å². The average molecular weight is 447 g/mol. The quantitative estimate of drug-likeness (QED) is 0.219. The standard InChI is InChI=1S/C15H21F4N3.HI/c1-20-14(21-10-3-2-9-15(17,18)19)22-11-8-12-4-6-13(16)7-5-12;/h4-7H,2-3,8-11H2,1H3,(H2,20,21,22);1H. The van der Waals surface area contributed by atoms with Gasteiger partial charge in [-0.15, -0.1) is 24.0 Å². The Labute approximate surface area is 151 Å². The highest BCUT2D eigenvalue weighted by Gasteiger charge is 2.25. The van der Waals surface area contributed by atoms with Crippen LogP contribution in [0.2, 0.25) is 0 Å². The molecule has 0 saturated heterocycles. The molecule has 0 saturated carbocycles. The Kier molecular flexibility index (Phi) is 10.9. The molecule has 1 aromatic rings. The van der Waals surface area contributed by atoms with E-state index in [1.165, 1.54) is 12.1 Å². The lowest BCUT2D eigenvalue weighted by molar-refractivity contribution is -0.135. The highest BCUT2D eigenvalue weighted by Crippen LogP contribution is 2.21. The molecular weight excluding hydrogens is 425 g/mol. The van der Waals surface area contributed by atoms with Crippen molar-refractivity contribution in [2.75, 3.05) is 20.1 Å². The van der Waals surface area contributed by atoms with Gasteiger partial charge in [-0.3, -0.25) is 4.99 Å². The van der Waals surface area contributed by atoms with E-state index in [-0.39, 0.29) is 36.2 Å². The molecule has 8 heteroatoms. The van der Waals surface area contributed by atoms with E-state index in [4.69, 9.17) is 0 Å². The topological polar surface area (TPSA) is 36.4 Å². The van der Waals surface area contributed by atoms with Crippen molar-refractivity contribution in [3.8, 4) is 0 Å². The van der Waals surface area contributed by atoms with Crippen molar-refractivity contribution < 1.29 is 17.6 Å². The zero-order valence-electron chi connectivity index (χ0n) is 12.9. The van der Waals surface area contributed by atoms with Gasteiger partial charge in [-0.25, -0.2) is 4.39 Å². The lowest BCUT2D eigenvalue weighted by Crippen LogP contribution is -2.38. The normalized spacial score (nSPS) is 11.8. The van der Waals surface area contributed by atoms with Gasteiger partial charge < -0.3 is 10.6 Å². The number of hydrogen-bond acceptors (Lipinski definition) is 1. The van der Waals surface area contributed by atoms with Gasteiger partial charge in [0.25, 0.3) is 0 Å². The Morgan fingerprint density at radius 2 is 1.65 bits per heavy atom. The smallest absolute Gasteiger partial charge is 0.356 e. The second kappa shape index (κ2) is 11.5. The van der Waals surface area contributed by atoms with Crippen LogP contribution in [-0.2, 0) is 6.42 Å². The molecular formula is C15H22F4IN3. The lowest BCUT2D eigenvalue weighted by Gasteiger charge is -2.12. The van der Waals surface area contributed by atoms with E-state index in [2.05, 4.69) is 15.6 Å². The molecule has 0 atom stereocenters. The molecule has 0 aliphatic heterocycles. The first-order chi connectivity index (χ1) is 10.4. The number of halogens is 5. The number of alkyl halides is 3. The van der Waals surface area contributed by atoms with Gasteiger partial charge in [0.05, 0.1) is 0 Å². The molecule has 0 spiro atoms. The Balaban J connectivity index is 0.00000484. The maximum atomic E-state index is 12.8. The van der Waals surface area contributed by atoms with Crippen LogP contribution in [0.15, 0.2) is 29.3 Å². The summed E-state index contributed by atoms with van der Waals surface area (Å²) in [5.74, 6) is 0.280. The second-order valence-corrected chi connectivity index (χ2v) is 4.87. The summed E-state index contributed by atoms with van der Waals surface area (Å²) in [6, 6.07) is 6.24. The molecule has 0 unspecified atom stereocenters. The number of rotatable bonds is 7. The summed E-state index contributed by atoms with van der Waals surface area (Å²) in [6.07, 6.45) is -3.61. The van der Waals surface area contributed by atoms with E-state index in [1.807, 2.05) is 0 Å². The first kappa shape index (κ1) is 21.9. The highest BCUT2D eigenvalue weighted by molar-refractivity contribution is 14.0. The maximum absolute atomic E-state index is 12.8. The Morgan fingerprint density at radius 1 is 1.04 bits per heavy atom. The first-order valence-electron chi connectivity index (χ1n) is 7.16. The summed E-state index contributed by atoms with van der Waals surface area (Å²) >= 11 is 0. The van der Waals surface area contributed by atoms with Crippen molar-refractivity contribution in [1.29, 1.82) is 0 Å². The van der Waals surface area contributed by atoms with Crippen molar-refractivity contribution in [2.45, 2.75) is 31.9 Å². The zero-order chi connectivity index (χ0) is 16.4. The maximum Gasteiger partial charge on any atom is 0.389 e. The molecule has 0 amide bonds. The molecule has 1 rings (SSSR count). The van der Waals surface area contributed by atoms with E-state index in [9.17, 15) is 17.6 Å². The first-order valence-corrected chi connectivity index (χ1v) is 7.16. The fourth-order valence-corrected chi connectivity index (χ4v) is 1.85. The molecule has 0 aliphatic rings. The van der Waals surface area contributed by atoms with E-state index in [0.717, 1.165) is 5.56 Å². The van der Waals surface area contributed by atoms with Crippen LogP contribution in [0.5, 0.6) is 0 Å². The minimum Gasteiger partial charge on any atom is -0.356 e. The largest absolute Gasteiger partial charge is 0.389 e. The predicted molar refractivity (Wildman–Crippen MR) is 94.8 cm³/mol. The van der Waals surface area contributed by atoms with Crippen LogP contribution in [0.3, 0.4) is 0 Å². The summed E-state index contributed by atoms with van der Waals surface area (Å²) in [7, 11) is 1.60. The van der Waals surface area contributed by atoms with Crippen molar-refractivity contribution in [1.82, 2.24) is 10.6 Å². The zero-order valence-corrected chi connectivity index (χ0v) is 15.2. The summed E-state index contributed by atoms with van der Waals surface area (Å²) < 4.78 is 48.7. The van der Waals surface area contributed by atoms with Crippen molar-refractivity contribution in [3.63, 3.8) is 0 Å². The molecule has 132 valence electrons. The third-order valence-electron chi connectivity index (χ3n) is 3.02. The van der Waals surface area contributed by atoms with Gasteiger partial charge in [-0.2, -0.15) is 13.2 Å². The van der Waals surface area contributed by atoms with Crippen LogP contribution in [0.25, 0.3) is 0 Å². The van der Waals surface area contributed by atoms with Crippen LogP contribution in [0, 0.1) is 5.82 Å². The summed E-state index contributed by atoms with van der Waals surface area (Å²) in [4.78, 5) is 3.99. The number of aliphatic imine (C=N–C) groups is 1. The monoisotopic (exact) mass is 447 g/mol. The number of unbranched alkanes of at least 4 members (excludes halogenated alkanes) is 1. The van der Waals surface area contributed by atoms with Gasteiger partial charge in [0, 0.05) is 26.6 Å². The molecule has 0 aliphatic carbocycles. The summed E-state index contributed by atoms with van der Waals surface area (Å²) in [5, 5.41) is 6.03. The lowest BCUT2D eigenvalue weighted by atomic mass is 10.1. The second-order valence-electron chi connectivity index (χ2n) is 4.87. The predicted octanol–water partition coefficient (Wildman–Crippen LogP) is 3.88. The van der Waals surface area contributed by atoms with Crippen LogP contribution in [0.1, 0.15) is 24.8 Å². The van der Waals surface area contributed by atoms with Gasteiger partial charge in [0.2, 0.25) is 0 Å². The number of guanidine groups is 1. The molecule has 0 fully saturated rings. The molecule has 2 N–H and O–H groups in total.